The van der Waals surface area contributed by atoms with Crippen molar-refractivity contribution < 1.29 is 63.7 Å². The van der Waals surface area contributed by atoms with Gasteiger partial charge in [0.05, 0.1) is 89.4 Å². The van der Waals surface area contributed by atoms with Gasteiger partial charge < -0.3 is 65.4 Å². The Bertz CT molecular complexity index is 6180. The van der Waals surface area contributed by atoms with E-state index in [2.05, 4.69) is 116 Å². The van der Waals surface area contributed by atoms with Crippen LogP contribution in [0.4, 0.5) is 0 Å². The lowest BCUT2D eigenvalue weighted by atomic mass is 9.80. The summed E-state index contributed by atoms with van der Waals surface area (Å²) in [5, 5.41) is 64.0. The maximum atomic E-state index is 13.6. The van der Waals surface area contributed by atoms with Crippen LogP contribution in [0.1, 0.15) is 204 Å². The number of benzene rings is 8. The van der Waals surface area contributed by atoms with E-state index in [9.17, 15) is 40.0 Å². The van der Waals surface area contributed by atoms with Crippen molar-refractivity contribution in [3.05, 3.63) is 334 Å². The number of rotatable bonds is 29. The van der Waals surface area contributed by atoms with Gasteiger partial charge in [-0.05, 0) is 230 Å². The average molecular weight is 1960 g/mol. The molecule has 4 atom stereocenters. The van der Waals surface area contributed by atoms with Gasteiger partial charge in [-0.15, -0.1) is 87.2 Å². The van der Waals surface area contributed by atoms with Crippen molar-refractivity contribution in [3.63, 3.8) is 0 Å². The van der Waals surface area contributed by atoms with Crippen molar-refractivity contribution in [1.82, 2.24) is 20.9 Å². The summed E-state index contributed by atoms with van der Waals surface area (Å²) in [7, 11) is 8.76. The van der Waals surface area contributed by atoms with E-state index in [1.807, 2.05) is 158 Å². The number of hydrogen-bond donors (Lipinski definition) is 7. The van der Waals surface area contributed by atoms with E-state index in [1.165, 1.54) is 50.7 Å². The van der Waals surface area contributed by atoms with Gasteiger partial charge in [-0.3, -0.25) is 14.4 Å². The van der Waals surface area contributed by atoms with Crippen LogP contribution >= 0.6 is 92.4 Å². The van der Waals surface area contributed by atoms with Crippen LogP contribution in [0.5, 0.6) is 23.0 Å². The number of carbonyl (C=O) groups is 4. The van der Waals surface area contributed by atoms with Crippen LogP contribution < -0.4 is 34.9 Å². The zero-order valence-corrected chi connectivity index (χ0v) is 82.7. The highest BCUT2D eigenvalue weighted by Crippen LogP contribution is 2.51. The fourth-order valence-corrected chi connectivity index (χ4v) is 27.6. The standard InChI is InChI=1S/C30H35N3O3S2.2C26H26N2O3S2.C24H23NO4S2/c1-33-14-12-20(13-15-33)18-31-29(34)28-25-16-23(22-8-10-24(36-2)11-9-22)17-26(32-35)27(25)30(38-28)37-19-21-6-4-3-5-7-21;1-31-20-11-7-17(8-12-20)18-13-21-23(22(14-18)28-30)26(32-15-16-5-3-2-4-6-16)33-24(21)25(29)27-19-9-10-19;1-3-13-27-25(29)24-21-14-19(18-9-11-20(31-2)12-10-18)15-22(28-30)23(21)26(33-24)32-16-17-7-5-4-6-8-17;1-3-29-23(26)22-19-13-16(15-9-11-17(28-2)12-10-15)14-20(25-27)21(19)24(31-22)30-18-7-5-4-6-8-18/h3-11,20,23,35H,12-19H2,1-2H3,(H,31,34);2-8,11-12,18-19,30H,9-10,13-15H2,1H3,(H,27,29);3-12,19,30H,1,13-16H2,2H3,(H,27,29);4-12,16,27H,3,13-14H2,1-2H3/b32-26+;2*28-22+;25-20+. The molecule has 1 saturated heterocycles. The molecule has 1 saturated carbocycles. The Morgan fingerprint density at radius 1 is 0.415 bits per heavy atom. The SMILES string of the molecule is C=CCNC(=O)c1sc(SCc2ccccc2)c2c1CC(c1ccc(OC)cc1)C/C2=N\O.CCOC(=O)c1sc(Sc2ccccc2)c2c1CC(c1ccc(OC)cc1)C/C2=N\O.COc1ccc(C2C/C(=N\O)c3c(SCc4ccccc4)sc(C(=O)NC4CC4)c3C2)cc1.COc1ccc(C2C/C(=N\O)c3c(SCc4ccccc4)sc(C(=O)NCC4CCN(C)CC4)c3C2)cc1. The second-order valence-corrected chi connectivity index (χ2v) is 42.8. The monoisotopic (exact) mass is 1960 g/mol. The van der Waals surface area contributed by atoms with Crippen molar-refractivity contribution in [2.45, 2.75) is 153 Å². The minimum absolute atomic E-state index is 0.00187. The Kier molecular flexibility index (Phi) is 34.8. The van der Waals surface area contributed by atoms with Gasteiger partial charge in [-0.1, -0.05) is 196 Å². The van der Waals surface area contributed by atoms with Crippen molar-refractivity contribution in [1.29, 1.82) is 0 Å². The molecular weight excluding hydrogens is 1850 g/mol. The maximum absolute atomic E-state index is 13.6. The Hall–Kier alpha value is -11.4. The Morgan fingerprint density at radius 2 is 0.733 bits per heavy atom. The van der Waals surface area contributed by atoms with Gasteiger partial charge in [0.2, 0.25) is 0 Å². The number of ether oxygens (including phenoxy) is 5. The van der Waals surface area contributed by atoms with Crippen LogP contribution in [0.25, 0.3) is 0 Å². The highest BCUT2D eigenvalue weighted by Gasteiger charge is 2.40. The van der Waals surface area contributed by atoms with Gasteiger partial charge in [-0.25, -0.2) is 4.79 Å². The highest BCUT2D eigenvalue weighted by atomic mass is 32.2. The molecule has 0 bridgehead atoms. The summed E-state index contributed by atoms with van der Waals surface area (Å²) in [6.07, 6.45) is 11.3. The van der Waals surface area contributed by atoms with Crippen LogP contribution in [-0.2, 0) is 47.7 Å². The number of piperidine rings is 1. The number of amides is 3. The van der Waals surface area contributed by atoms with Crippen molar-refractivity contribution in [3.8, 4) is 23.0 Å². The second kappa shape index (κ2) is 47.9. The van der Waals surface area contributed by atoms with E-state index < -0.39 is 0 Å². The molecule has 21 nitrogen and oxygen atoms in total. The number of nitrogens with zero attached hydrogens (tertiary/aromatic N) is 5. The lowest BCUT2D eigenvalue weighted by Crippen LogP contribution is -2.37. The molecule has 700 valence electrons. The smallest absolute Gasteiger partial charge is 0.348 e. The molecule has 0 radical (unpaired) electrons. The number of nitrogens with one attached hydrogen (secondary N) is 3. The van der Waals surface area contributed by atoms with Crippen molar-refractivity contribution in [2.24, 2.45) is 26.5 Å². The minimum Gasteiger partial charge on any atom is -0.497 e. The number of thioether (sulfide) groups is 3. The summed E-state index contributed by atoms with van der Waals surface area (Å²) in [6, 6.07) is 73.1. The van der Waals surface area contributed by atoms with Gasteiger partial charge in [0.25, 0.3) is 17.7 Å². The van der Waals surface area contributed by atoms with E-state index >= 15 is 0 Å². The summed E-state index contributed by atoms with van der Waals surface area (Å²) in [6.45, 7) is 9.08. The second-order valence-electron chi connectivity index (χ2n) is 33.7. The number of methoxy groups -OCH3 is 4. The lowest BCUT2D eigenvalue weighted by Gasteiger charge is -2.29. The van der Waals surface area contributed by atoms with Gasteiger partial charge in [0.1, 0.15) is 27.9 Å². The third-order valence-corrected chi connectivity index (χ3v) is 34.9. The number of esters is 1. The van der Waals surface area contributed by atoms with Crippen molar-refractivity contribution in [2.75, 3.05) is 68.3 Å². The van der Waals surface area contributed by atoms with Crippen molar-refractivity contribution >= 4 is 139 Å². The fraction of sp³-hybridized carbons (Fsp3) is 0.302. The molecule has 8 aromatic carbocycles. The first kappa shape index (κ1) is 98.1. The first-order valence-electron chi connectivity index (χ1n) is 45.1. The highest BCUT2D eigenvalue weighted by molar-refractivity contribution is 8.01. The number of carbonyl (C=O) groups excluding carboxylic acids is 4. The van der Waals surface area contributed by atoms with Crippen LogP contribution in [0.2, 0.25) is 0 Å². The van der Waals surface area contributed by atoms with E-state index in [-0.39, 0.29) is 47.4 Å². The number of thiophene rings is 4. The third-order valence-electron chi connectivity index (χ3n) is 24.8. The maximum Gasteiger partial charge on any atom is 0.348 e. The number of oxime groups is 4. The Labute approximate surface area is 821 Å². The molecule has 0 spiro atoms. The molecule has 135 heavy (non-hydrogen) atoms. The predicted molar refractivity (Wildman–Crippen MR) is 547 cm³/mol. The fourth-order valence-electron chi connectivity index (χ4n) is 17.5. The molecule has 4 unspecified atom stereocenters. The first-order chi connectivity index (χ1) is 66.0. The van der Waals surface area contributed by atoms with E-state index in [0.29, 0.717) is 103 Å². The molecule has 5 heterocycles. The van der Waals surface area contributed by atoms with Gasteiger partial charge in [0, 0.05) is 89.2 Å². The van der Waals surface area contributed by atoms with Crippen LogP contribution in [0.15, 0.2) is 273 Å². The van der Waals surface area contributed by atoms with Gasteiger partial charge >= 0.3 is 5.97 Å². The molecule has 2 fully saturated rings. The van der Waals surface area contributed by atoms with Gasteiger partial charge in [-0.2, -0.15) is 0 Å². The summed E-state index contributed by atoms with van der Waals surface area (Å²) in [5.41, 5.74) is 18.3. The molecule has 7 N–H and O–H groups in total. The van der Waals surface area contributed by atoms with Gasteiger partial charge in [0.15, 0.2) is 0 Å². The number of hydrogen-bond acceptors (Lipinski definition) is 26. The summed E-state index contributed by atoms with van der Waals surface area (Å²) < 4.78 is 30.6. The average Bonchev–Trinajstić information content (AvgIpc) is 1.63. The lowest BCUT2D eigenvalue weighted by molar-refractivity contribution is 0.0530. The number of fused-ring (bicyclic) bond motifs is 4. The molecule has 1 aliphatic heterocycles. The largest absolute Gasteiger partial charge is 0.497 e. The zero-order chi connectivity index (χ0) is 94.3. The molecule has 5 aliphatic carbocycles. The Balaban J connectivity index is 0.000000137. The van der Waals surface area contributed by atoms with E-state index in [4.69, 9.17) is 23.7 Å². The minimum atomic E-state index is -0.323. The molecule has 29 heteroatoms. The Morgan fingerprint density at radius 3 is 1.06 bits per heavy atom. The molecular formula is C106H110N8O13S8. The summed E-state index contributed by atoms with van der Waals surface area (Å²) in [5.74, 6) is 6.13. The summed E-state index contributed by atoms with van der Waals surface area (Å²) >= 11 is 12.7. The van der Waals surface area contributed by atoms with E-state index in [1.54, 1.807) is 99.8 Å². The van der Waals surface area contributed by atoms with Crippen LogP contribution in [-0.4, -0.2) is 147 Å². The van der Waals surface area contributed by atoms with Crippen LogP contribution in [0, 0.1) is 5.92 Å². The molecule has 4 aromatic heterocycles. The zero-order valence-electron chi connectivity index (χ0n) is 76.1. The van der Waals surface area contributed by atoms with E-state index in [0.717, 1.165) is 190 Å². The predicted octanol–water partition coefficient (Wildman–Crippen LogP) is 23.7. The molecule has 6 aliphatic rings. The topological polar surface area (TPSA) is 284 Å². The van der Waals surface area contributed by atoms with Crippen LogP contribution in [0.3, 0.4) is 0 Å². The molecule has 3 amide bonds. The quantitative estimate of drug-likeness (QED) is 0.00754. The first-order valence-corrected chi connectivity index (χ1v) is 52.1. The third kappa shape index (κ3) is 24.7. The normalized spacial score (nSPS) is 17.8. The molecule has 18 rings (SSSR count). The summed E-state index contributed by atoms with van der Waals surface area (Å²) in [4.78, 5) is 58.7. The molecule has 12 aromatic rings. The number of likely N-dealkylation sites (tertiary alicyclic amines) is 1.